The van der Waals surface area contributed by atoms with Gasteiger partial charge in [-0.1, -0.05) is 25.0 Å². The van der Waals surface area contributed by atoms with Crippen molar-refractivity contribution < 1.29 is 29.3 Å². The number of benzene rings is 1. The van der Waals surface area contributed by atoms with E-state index in [0.29, 0.717) is 18.1 Å². The molecule has 8 heteroatoms. The molecule has 0 unspecified atom stereocenters. The number of carbonyl (C=O) groups is 3. The molecule has 0 aromatic heterocycles. The van der Waals surface area contributed by atoms with Gasteiger partial charge in [0.2, 0.25) is 5.91 Å². The fourth-order valence-electron chi connectivity index (χ4n) is 4.99. The summed E-state index contributed by atoms with van der Waals surface area (Å²) in [5.74, 6) is -0.288. The molecule has 3 aliphatic rings. The van der Waals surface area contributed by atoms with Crippen LogP contribution in [0, 0.1) is 5.92 Å². The second-order valence-corrected chi connectivity index (χ2v) is 8.66. The Kier molecular flexibility index (Phi) is 8.03. The molecule has 0 atom stereocenters. The molecule has 1 saturated carbocycles. The van der Waals surface area contributed by atoms with Crippen LogP contribution in [0.25, 0.3) is 0 Å². The third kappa shape index (κ3) is 6.04. The Morgan fingerprint density at radius 1 is 1.16 bits per heavy atom. The van der Waals surface area contributed by atoms with Crippen LogP contribution in [0.4, 0.5) is 0 Å². The summed E-state index contributed by atoms with van der Waals surface area (Å²) < 4.78 is 6.22. The summed E-state index contributed by atoms with van der Waals surface area (Å²) in [7, 11) is 0. The van der Waals surface area contributed by atoms with Crippen molar-refractivity contribution in [3.05, 3.63) is 35.4 Å². The topological polar surface area (TPSA) is 107 Å². The molecule has 170 valence electrons. The fourth-order valence-corrected chi connectivity index (χ4v) is 4.99. The van der Waals surface area contributed by atoms with Crippen LogP contribution >= 0.6 is 0 Å². The Hall–Kier alpha value is -2.45. The molecule has 31 heavy (non-hydrogen) atoms. The fraction of sp³-hybridized carbons (Fsp3) is 0.609. The van der Waals surface area contributed by atoms with E-state index in [4.69, 9.17) is 14.6 Å². The molecular formula is C23H32N2O6. The van der Waals surface area contributed by atoms with E-state index in [0.717, 1.165) is 64.0 Å². The largest absolute Gasteiger partial charge is 0.483 e. The number of carboxylic acid groups (broad SMARTS) is 2. The Labute approximate surface area is 182 Å². The summed E-state index contributed by atoms with van der Waals surface area (Å²) in [6.45, 7) is 4.45. The number of carboxylic acids is 1. The lowest BCUT2D eigenvalue weighted by Gasteiger charge is -2.47. The summed E-state index contributed by atoms with van der Waals surface area (Å²) >= 11 is 0. The van der Waals surface area contributed by atoms with Gasteiger partial charge < -0.3 is 19.8 Å². The van der Waals surface area contributed by atoms with Gasteiger partial charge in [-0.25, -0.2) is 4.79 Å². The maximum Gasteiger partial charge on any atom is 0.335 e. The minimum absolute atomic E-state index is 0.172. The van der Waals surface area contributed by atoms with Gasteiger partial charge in [-0.05, 0) is 43.4 Å². The number of rotatable bonds is 4. The molecule has 2 heterocycles. The van der Waals surface area contributed by atoms with E-state index in [1.807, 2.05) is 12.1 Å². The van der Waals surface area contributed by atoms with E-state index < -0.39 is 5.97 Å². The molecule has 0 bridgehead atoms. The minimum atomic E-state index is -0.889. The molecule has 2 saturated heterocycles. The van der Waals surface area contributed by atoms with Gasteiger partial charge in [0.25, 0.3) is 6.47 Å². The maximum atomic E-state index is 12.7. The molecule has 3 fully saturated rings. The van der Waals surface area contributed by atoms with Crippen molar-refractivity contribution in [1.82, 2.24) is 9.80 Å². The van der Waals surface area contributed by atoms with Gasteiger partial charge in [0, 0.05) is 38.6 Å². The number of amides is 1. The quantitative estimate of drug-likeness (QED) is 0.704. The van der Waals surface area contributed by atoms with E-state index >= 15 is 0 Å². The zero-order valence-corrected chi connectivity index (χ0v) is 17.9. The molecule has 2 aliphatic heterocycles. The van der Waals surface area contributed by atoms with Crippen LogP contribution < -0.4 is 0 Å². The van der Waals surface area contributed by atoms with Crippen LogP contribution in [-0.4, -0.2) is 76.7 Å². The monoisotopic (exact) mass is 432 g/mol. The average molecular weight is 433 g/mol. The van der Waals surface area contributed by atoms with Gasteiger partial charge >= 0.3 is 5.97 Å². The average Bonchev–Trinajstić information content (AvgIpc) is 3.30. The van der Waals surface area contributed by atoms with Gasteiger partial charge in [0.15, 0.2) is 0 Å². The Balaban J connectivity index is 0.000000858. The number of aromatic carboxylic acids is 1. The first-order valence-corrected chi connectivity index (χ1v) is 11.0. The lowest BCUT2D eigenvalue weighted by Crippen LogP contribution is -2.57. The first-order chi connectivity index (χ1) is 15.0. The smallest absolute Gasteiger partial charge is 0.335 e. The predicted octanol–water partition coefficient (Wildman–Crippen LogP) is 2.47. The third-order valence-corrected chi connectivity index (χ3v) is 6.60. The summed E-state index contributed by atoms with van der Waals surface area (Å²) in [6, 6.07) is 7.18. The van der Waals surface area contributed by atoms with E-state index in [-0.39, 0.29) is 18.0 Å². The molecule has 0 radical (unpaired) electrons. The summed E-state index contributed by atoms with van der Waals surface area (Å²) in [4.78, 5) is 36.7. The van der Waals surface area contributed by atoms with Crippen molar-refractivity contribution in [3.8, 4) is 0 Å². The van der Waals surface area contributed by atoms with E-state index in [1.54, 1.807) is 12.1 Å². The number of nitrogens with zero attached hydrogens (tertiary/aromatic N) is 2. The van der Waals surface area contributed by atoms with Crippen molar-refractivity contribution in [2.75, 3.05) is 32.8 Å². The van der Waals surface area contributed by atoms with Gasteiger partial charge in [-0.15, -0.1) is 0 Å². The Morgan fingerprint density at radius 3 is 2.48 bits per heavy atom. The first kappa shape index (κ1) is 23.2. The van der Waals surface area contributed by atoms with Crippen molar-refractivity contribution in [1.29, 1.82) is 0 Å². The molecule has 1 spiro atoms. The number of hydrogen-bond donors (Lipinski definition) is 2. The summed E-state index contributed by atoms with van der Waals surface area (Å²) in [5, 5.41) is 16.1. The Bertz CT molecular complexity index is 769. The third-order valence-electron chi connectivity index (χ3n) is 6.60. The second kappa shape index (κ2) is 10.7. The number of ether oxygens (including phenoxy) is 1. The summed E-state index contributed by atoms with van der Waals surface area (Å²) in [5.41, 5.74) is 1.18. The van der Waals surface area contributed by atoms with Crippen molar-refractivity contribution in [2.45, 2.75) is 50.7 Å². The SMILES string of the molecule is O=C(O)c1cccc(CN2CCOC3(CCN(C(=O)C4CCCC4)CC3)C2)c1.O=CO. The van der Waals surface area contributed by atoms with Gasteiger partial charge in [0.1, 0.15) is 0 Å². The van der Waals surface area contributed by atoms with Crippen LogP contribution in [0.2, 0.25) is 0 Å². The minimum Gasteiger partial charge on any atom is -0.483 e. The van der Waals surface area contributed by atoms with Crippen molar-refractivity contribution in [3.63, 3.8) is 0 Å². The molecule has 2 N–H and O–H groups in total. The lowest BCUT2D eigenvalue weighted by molar-refractivity contribution is -0.153. The Morgan fingerprint density at radius 2 is 1.84 bits per heavy atom. The second-order valence-electron chi connectivity index (χ2n) is 8.66. The molecule has 4 rings (SSSR count). The highest BCUT2D eigenvalue weighted by Crippen LogP contribution is 2.33. The van der Waals surface area contributed by atoms with Crippen LogP contribution in [-0.2, 0) is 20.9 Å². The molecule has 1 aliphatic carbocycles. The highest BCUT2D eigenvalue weighted by Gasteiger charge is 2.41. The van der Waals surface area contributed by atoms with Crippen molar-refractivity contribution >= 4 is 18.3 Å². The predicted molar refractivity (Wildman–Crippen MR) is 114 cm³/mol. The molecule has 8 nitrogen and oxygen atoms in total. The zero-order chi connectivity index (χ0) is 22.3. The molecule has 1 amide bonds. The maximum absolute atomic E-state index is 12.7. The van der Waals surface area contributed by atoms with Crippen molar-refractivity contribution in [2.24, 2.45) is 5.92 Å². The highest BCUT2D eigenvalue weighted by molar-refractivity contribution is 5.87. The number of carbonyl (C=O) groups excluding carboxylic acids is 1. The number of hydrogen-bond acceptors (Lipinski definition) is 5. The van der Waals surface area contributed by atoms with Gasteiger partial charge in [0.05, 0.1) is 17.8 Å². The van der Waals surface area contributed by atoms with E-state index in [1.165, 1.54) is 12.8 Å². The van der Waals surface area contributed by atoms with Gasteiger partial charge in [-0.3, -0.25) is 14.5 Å². The first-order valence-electron chi connectivity index (χ1n) is 11.0. The number of piperidine rings is 1. The van der Waals surface area contributed by atoms with E-state index in [9.17, 15) is 14.7 Å². The van der Waals surface area contributed by atoms with Gasteiger partial charge in [-0.2, -0.15) is 0 Å². The van der Waals surface area contributed by atoms with Crippen LogP contribution in [0.15, 0.2) is 24.3 Å². The standard InChI is InChI=1S/C22H30N2O4.CH2O2/c25-20(18-5-1-2-6-18)24-10-8-22(9-11-24)16-23(12-13-28-22)15-17-4-3-7-19(14-17)21(26)27;2-1-3/h3-4,7,14,18H,1-2,5-6,8-13,15-16H2,(H,26,27);1H,(H,2,3). The zero-order valence-electron chi connectivity index (χ0n) is 17.9. The van der Waals surface area contributed by atoms with E-state index in [2.05, 4.69) is 9.80 Å². The van der Waals surface area contributed by atoms with Crippen LogP contribution in [0.1, 0.15) is 54.4 Å². The molecule has 1 aromatic rings. The number of morpholine rings is 1. The lowest BCUT2D eigenvalue weighted by atomic mass is 9.88. The molecule has 1 aromatic carbocycles. The van der Waals surface area contributed by atoms with Crippen LogP contribution in [0.5, 0.6) is 0 Å². The summed E-state index contributed by atoms with van der Waals surface area (Å²) in [6.07, 6.45) is 6.26. The molecular weight excluding hydrogens is 400 g/mol. The number of likely N-dealkylation sites (tertiary alicyclic amines) is 1. The highest BCUT2D eigenvalue weighted by atomic mass is 16.5. The normalized spacial score (nSPS) is 21.4. The van der Waals surface area contributed by atoms with Crippen LogP contribution in [0.3, 0.4) is 0 Å².